The van der Waals surface area contributed by atoms with Crippen molar-refractivity contribution in [2.75, 3.05) is 13.2 Å². The van der Waals surface area contributed by atoms with Crippen molar-refractivity contribution in [1.82, 2.24) is 4.90 Å². The number of carbonyl (C=O) groups is 1. The number of benzene rings is 1. The van der Waals surface area contributed by atoms with E-state index < -0.39 is 11.2 Å². The molecule has 6 nitrogen and oxygen atoms in total. The molecule has 2 rings (SSSR count). The summed E-state index contributed by atoms with van der Waals surface area (Å²) in [6.45, 7) is 2.73. The van der Waals surface area contributed by atoms with Gasteiger partial charge >= 0.3 is 0 Å². The van der Waals surface area contributed by atoms with Crippen LogP contribution in [0.3, 0.4) is 0 Å². The molecule has 1 fully saturated rings. The molecule has 0 radical (unpaired) electrons. The Kier molecular flexibility index (Phi) is 3.57. The molecule has 1 aromatic carbocycles. The van der Waals surface area contributed by atoms with Gasteiger partial charge in [-0.05, 0) is 18.6 Å². The van der Waals surface area contributed by atoms with Gasteiger partial charge in [-0.1, -0.05) is 0 Å². The summed E-state index contributed by atoms with van der Waals surface area (Å²) < 4.78 is 5.57. The predicted molar refractivity (Wildman–Crippen MR) is 63.8 cm³/mol. The van der Waals surface area contributed by atoms with E-state index in [2.05, 4.69) is 0 Å². The minimum absolute atomic E-state index is 0.0314. The Balaban J connectivity index is 2.23. The number of nitro benzene ring substituents is 1. The average molecular weight is 250 g/mol. The first-order chi connectivity index (χ1) is 8.59. The molecule has 1 aliphatic heterocycles. The normalized spacial score (nSPS) is 19.6. The zero-order valence-electron chi connectivity index (χ0n) is 10.0. The molecule has 0 N–H and O–H groups in total. The first kappa shape index (κ1) is 12.5. The molecule has 0 saturated carbocycles. The number of rotatable bonds is 2. The van der Waals surface area contributed by atoms with Gasteiger partial charge in [0.05, 0.1) is 11.5 Å². The molecule has 0 aromatic heterocycles. The molecule has 1 aliphatic rings. The summed E-state index contributed by atoms with van der Waals surface area (Å²) in [6.07, 6.45) is 0.375. The Labute approximate surface area is 104 Å². The van der Waals surface area contributed by atoms with Crippen LogP contribution in [0.15, 0.2) is 24.3 Å². The van der Waals surface area contributed by atoms with Crippen molar-refractivity contribution in [2.45, 2.75) is 19.6 Å². The van der Waals surface area contributed by atoms with Crippen LogP contribution in [0.2, 0.25) is 0 Å². The van der Waals surface area contributed by atoms with Crippen LogP contribution in [0.5, 0.6) is 0 Å². The minimum atomic E-state index is -0.450. The molecule has 0 bridgehead atoms. The second-order valence-electron chi connectivity index (χ2n) is 4.14. The number of amides is 1. The molecule has 1 aromatic rings. The van der Waals surface area contributed by atoms with Crippen molar-refractivity contribution in [1.29, 1.82) is 0 Å². The monoisotopic (exact) mass is 250 g/mol. The number of hydrogen-bond acceptors (Lipinski definition) is 4. The lowest BCUT2D eigenvalue weighted by Gasteiger charge is -2.35. The van der Waals surface area contributed by atoms with Gasteiger partial charge in [0.2, 0.25) is 5.91 Å². The Morgan fingerprint density at radius 1 is 1.44 bits per heavy atom. The highest BCUT2D eigenvalue weighted by Gasteiger charge is 2.26. The Morgan fingerprint density at radius 3 is 2.67 bits per heavy atom. The average Bonchev–Trinajstić information content (AvgIpc) is 2.39. The van der Waals surface area contributed by atoms with E-state index in [-0.39, 0.29) is 11.6 Å². The third-order valence-electron chi connectivity index (χ3n) is 2.90. The molecular formula is C12H14N2O4. The lowest BCUT2D eigenvalue weighted by molar-refractivity contribution is -0.384. The van der Waals surface area contributed by atoms with E-state index in [0.717, 1.165) is 12.0 Å². The van der Waals surface area contributed by atoms with Crippen LogP contribution in [0.25, 0.3) is 0 Å². The van der Waals surface area contributed by atoms with Gasteiger partial charge in [0.1, 0.15) is 0 Å². The van der Waals surface area contributed by atoms with E-state index in [4.69, 9.17) is 4.74 Å². The number of hydrogen-bond donors (Lipinski definition) is 0. The smallest absolute Gasteiger partial charge is 0.269 e. The second kappa shape index (κ2) is 5.14. The molecule has 0 spiro atoms. The fourth-order valence-corrected chi connectivity index (χ4v) is 2.00. The van der Waals surface area contributed by atoms with Gasteiger partial charge in [0, 0.05) is 31.2 Å². The second-order valence-corrected chi connectivity index (χ2v) is 4.14. The zero-order chi connectivity index (χ0) is 13.1. The molecule has 1 unspecified atom stereocenters. The van der Waals surface area contributed by atoms with Crippen LogP contribution in [0.4, 0.5) is 5.69 Å². The van der Waals surface area contributed by atoms with Gasteiger partial charge < -0.3 is 9.64 Å². The molecule has 1 heterocycles. The molecule has 1 amide bonds. The number of nitro groups is 1. The van der Waals surface area contributed by atoms with Crippen molar-refractivity contribution >= 4 is 11.6 Å². The highest BCUT2D eigenvalue weighted by Crippen LogP contribution is 2.27. The lowest BCUT2D eigenvalue weighted by Crippen LogP contribution is -2.39. The molecule has 96 valence electrons. The molecule has 1 saturated heterocycles. The van der Waals surface area contributed by atoms with Gasteiger partial charge in [0.25, 0.3) is 5.69 Å². The third-order valence-corrected chi connectivity index (χ3v) is 2.90. The van der Waals surface area contributed by atoms with Gasteiger partial charge in [-0.3, -0.25) is 14.9 Å². The van der Waals surface area contributed by atoms with Crippen LogP contribution in [-0.4, -0.2) is 28.9 Å². The van der Waals surface area contributed by atoms with Crippen LogP contribution < -0.4 is 0 Å². The van der Waals surface area contributed by atoms with Crippen molar-refractivity contribution in [3.8, 4) is 0 Å². The van der Waals surface area contributed by atoms with Crippen LogP contribution in [0, 0.1) is 10.1 Å². The lowest BCUT2D eigenvalue weighted by atomic mass is 10.1. The summed E-state index contributed by atoms with van der Waals surface area (Å²) in [5, 5.41) is 10.6. The maximum atomic E-state index is 11.5. The van der Waals surface area contributed by atoms with Gasteiger partial charge in [-0.2, -0.15) is 0 Å². The third kappa shape index (κ3) is 2.48. The van der Waals surface area contributed by atoms with Crippen molar-refractivity contribution in [2.24, 2.45) is 0 Å². The summed E-state index contributed by atoms with van der Waals surface area (Å²) in [5.74, 6) is -0.0574. The standard InChI is InChI=1S/C12H14N2O4/c1-9(15)13-7-2-8-18-12(13)10-3-5-11(6-4-10)14(16)17/h3-6,12H,2,7-8H2,1H3. The van der Waals surface area contributed by atoms with Gasteiger partial charge in [0.15, 0.2) is 6.23 Å². The summed E-state index contributed by atoms with van der Waals surface area (Å²) in [4.78, 5) is 23.2. The summed E-state index contributed by atoms with van der Waals surface area (Å²) in [7, 11) is 0. The minimum Gasteiger partial charge on any atom is -0.354 e. The quantitative estimate of drug-likeness (QED) is 0.593. The Hall–Kier alpha value is -1.95. The van der Waals surface area contributed by atoms with E-state index in [0.29, 0.717) is 13.2 Å². The topological polar surface area (TPSA) is 72.7 Å². The molecular weight excluding hydrogens is 236 g/mol. The Bertz CT molecular complexity index is 458. The summed E-state index contributed by atoms with van der Waals surface area (Å²) in [6, 6.07) is 6.10. The van der Waals surface area contributed by atoms with E-state index in [1.54, 1.807) is 17.0 Å². The van der Waals surface area contributed by atoms with Crippen LogP contribution >= 0.6 is 0 Å². The number of carbonyl (C=O) groups excluding carboxylic acids is 1. The molecule has 6 heteroatoms. The van der Waals surface area contributed by atoms with E-state index in [9.17, 15) is 14.9 Å². The first-order valence-electron chi connectivity index (χ1n) is 5.73. The van der Waals surface area contributed by atoms with Crippen molar-refractivity contribution < 1.29 is 14.5 Å². The maximum Gasteiger partial charge on any atom is 0.269 e. The molecule has 0 aliphatic carbocycles. The fraction of sp³-hybridized carbons (Fsp3) is 0.417. The van der Waals surface area contributed by atoms with E-state index in [1.165, 1.54) is 19.1 Å². The van der Waals surface area contributed by atoms with Crippen LogP contribution in [0.1, 0.15) is 25.1 Å². The predicted octanol–water partition coefficient (Wildman–Crippen LogP) is 1.86. The zero-order valence-corrected chi connectivity index (χ0v) is 10.0. The number of ether oxygens (including phenoxy) is 1. The van der Waals surface area contributed by atoms with Gasteiger partial charge in [-0.15, -0.1) is 0 Å². The molecule has 18 heavy (non-hydrogen) atoms. The first-order valence-corrected chi connectivity index (χ1v) is 5.73. The SMILES string of the molecule is CC(=O)N1CCCOC1c1ccc([N+](=O)[O-])cc1. The summed E-state index contributed by atoms with van der Waals surface area (Å²) >= 11 is 0. The van der Waals surface area contributed by atoms with Gasteiger partial charge in [-0.25, -0.2) is 0 Å². The fourth-order valence-electron chi connectivity index (χ4n) is 2.00. The number of nitrogens with zero attached hydrogens (tertiary/aromatic N) is 2. The number of non-ortho nitro benzene ring substituents is 1. The largest absolute Gasteiger partial charge is 0.354 e. The van der Waals surface area contributed by atoms with Crippen molar-refractivity contribution in [3.63, 3.8) is 0 Å². The highest BCUT2D eigenvalue weighted by molar-refractivity contribution is 5.73. The van der Waals surface area contributed by atoms with E-state index in [1.807, 2.05) is 0 Å². The Morgan fingerprint density at radius 2 is 2.11 bits per heavy atom. The highest BCUT2D eigenvalue weighted by atomic mass is 16.6. The maximum absolute atomic E-state index is 11.5. The summed E-state index contributed by atoms with van der Waals surface area (Å²) in [5.41, 5.74) is 0.791. The van der Waals surface area contributed by atoms with E-state index >= 15 is 0 Å². The van der Waals surface area contributed by atoms with Crippen molar-refractivity contribution in [3.05, 3.63) is 39.9 Å². The van der Waals surface area contributed by atoms with Crippen LogP contribution in [-0.2, 0) is 9.53 Å². The molecule has 1 atom stereocenters.